The molecule has 1 N–H and O–H groups in total. The van der Waals surface area contributed by atoms with Crippen molar-refractivity contribution in [2.24, 2.45) is 0 Å². The Hall–Kier alpha value is -2.01. The van der Waals surface area contributed by atoms with Gasteiger partial charge in [-0.05, 0) is 18.2 Å². The minimum absolute atomic E-state index is 0.0975. The Bertz CT molecular complexity index is 558. The third kappa shape index (κ3) is 3.01. The molecule has 0 unspecified atom stereocenters. The minimum atomic E-state index is -0.379. The summed E-state index contributed by atoms with van der Waals surface area (Å²) in [5.74, 6) is 0. The average Bonchev–Trinajstić information content (AvgIpc) is 2.39. The number of hydrogen-bond acceptors (Lipinski definition) is 4. The lowest BCUT2D eigenvalue weighted by Gasteiger charge is -2.05. The Balaban J connectivity index is 2.32. The molecule has 0 fully saturated rings. The number of benzene rings is 2. The molecule has 0 atom stereocenters. The predicted octanol–water partition coefficient (Wildman–Crippen LogP) is 3.79. The van der Waals surface area contributed by atoms with Crippen molar-refractivity contribution in [2.75, 3.05) is 12.4 Å². The molecule has 2 aromatic rings. The zero-order chi connectivity index (χ0) is 13.0. The van der Waals surface area contributed by atoms with E-state index in [2.05, 4.69) is 5.32 Å². The summed E-state index contributed by atoms with van der Waals surface area (Å²) in [6.07, 6.45) is 0. The summed E-state index contributed by atoms with van der Waals surface area (Å²) in [6, 6.07) is 14.8. The fraction of sp³-hybridized carbons (Fsp3) is 0.0769. The molecule has 0 aromatic heterocycles. The van der Waals surface area contributed by atoms with Crippen molar-refractivity contribution in [1.29, 1.82) is 0 Å². The molecule has 0 aliphatic carbocycles. The fourth-order valence-electron chi connectivity index (χ4n) is 1.52. The summed E-state index contributed by atoms with van der Waals surface area (Å²) >= 11 is 1.50. The van der Waals surface area contributed by atoms with E-state index in [4.69, 9.17) is 0 Å². The van der Waals surface area contributed by atoms with Crippen LogP contribution in [0.15, 0.2) is 58.3 Å². The van der Waals surface area contributed by atoms with E-state index >= 15 is 0 Å². The monoisotopic (exact) mass is 260 g/mol. The Morgan fingerprint density at radius 2 is 1.83 bits per heavy atom. The second-order valence-corrected chi connectivity index (χ2v) is 4.78. The lowest BCUT2D eigenvalue weighted by Crippen LogP contribution is -1.93. The van der Waals surface area contributed by atoms with Crippen LogP contribution in [-0.4, -0.2) is 12.0 Å². The number of hydrogen-bond donors (Lipinski definition) is 1. The Kier molecular flexibility index (Phi) is 3.84. The van der Waals surface area contributed by atoms with Crippen LogP contribution in [0.3, 0.4) is 0 Å². The molecule has 4 nitrogen and oxygen atoms in total. The normalized spacial score (nSPS) is 10.1. The van der Waals surface area contributed by atoms with Gasteiger partial charge >= 0.3 is 0 Å². The van der Waals surface area contributed by atoms with Crippen molar-refractivity contribution in [1.82, 2.24) is 0 Å². The maximum atomic E-state index is 10.8. The zero-order valence-corrected chi connectivity index (χ0v) is 10.6. The standard InChI is InChI=1S/C13H12N2O2S/c1-14-10-7-11(15(16)17)9-13(8-10)18-12-5-3-2-4-6-12/h2-9,14H,1H3. The lowest BCUT2D eigenvalue weighted by molar-refractivity contribution is -0.385. The number of anilines is 1. The number of nitro groups is 1. The molecule has 2 aromatic carbocycles. The number of nitro benzene ring substituents is 1. The summed E-state index contributed by atoms with van der Waals surface area (Å²) in [6.45, 7) is 0. The van der Waals surface area contributed by atoms with Crippen LogP contribution in [0.4, 0.5) is 11.4 Å². The first kappa shape index (κ1) is 12.4. The van der Waals surface area contributed by atoms with Crippen molar-refractivity contribution >= 4 is 23.1 Å². The fourth-order valence-corrected chi connectivity index (χ4v) is 2.45. The molecule has 0 aliphatic heterocycles. The summed E-state index contributed by atoms with van der Waals surface area (Å²) < 4.78 is 0. The Morgan fingerprint density at radius 3 is 2.44 bits per heavy atom. The van der Waals surface area contributed by atoms with Gasteiger partial charge in [0.15, 0.2) is 0 Å². The van der Waals surface area contributed by atoms with Crippen LogP contribution in [0, 0.1) is 10.1 Å². The second-order valence-electron chi connectivity index (χ2n) is 3.64. The highest BCUT2D eigenvalue weighted by Crippen LogP contribution is 2.32. The van der Waals surface area contributed by atoms with Gasteiger partial charge in [-0.3, -0.25) is 10.1 Å². The highest BCUT2D eigenvalue weighted by molar-refractivity contribution is 7.99. The third-order valence-electron chi connectivity index (χ3n) is 2.37. The van der Waals surface area contributed by atoms with Crippen molar-refractivity contribution in [3.05, 3.63) is 58.6 Å². The molecule has 0 bridgehead atoms. The van der Waals surface area contributed by atoms with E-state index in [-0.39, 0.29) is 10.6 Å². The van der Waals surface area contributed by atoms with Gasteiger partial charge in [-0.1, -0.05) is 30.0 Å². The molecule has 2 rings (SSSR count). The van der Waals surface area contributed by atoms with Crippen molar-refractivity contribution in [2.45, 2.75) is 9.79 Å². The number of rotatable bonds is 4. The highest BCUT2D eigenvalue weighted by atomic mass is 32.2. The van der Waals surface area contributed by atoms with Gasteiger partial charge in [-0.15, -0.1) is 0 Å². The summed E-state index contributed by atoms with van der Waals surface area (Å²) in [5, 5.41) is 13.8. The summed E-state index contributed by atoms with van der Waals surface area (Å²) in [4.78, 5) is 12.4. The molecule has 18 heavy (non-hydrogen) atoms. The molecule has 0 heterocycles. The van der Waals surface area contributed by atoms with Gasteiger partial charge in [0, 0.05) is 34.7 Å². The maximum Gasteiger partial charge on any atom is 0.272 e. The minimum Gasteiger partial charge on any atom is -0.388 e. The SMILES string of the molecule is CNc1cc(Sc2ccccc2)cc([N+](=O)[O-])c1. The van der Waals surface area contributed by atoms with Crippen LogP contribution < -0.4 is 5.32 Å². The van der Waals surface area contributed by atoms with E-state index in [1.165, 1.54) is 17.8 Å². The smallest absolute Gasteiger partial charge is 0.272 e. The third-order valence-corrected chi connectivity index (χ3v) is 3.35. The van der Waals surface area contributed by atoms with Crippen LogP contribution in [-0.2, 0) is 0 Å². The largest absolute Gasteiger partial charge is 0.388 e. The van der Waals surface area contributed by atoms with Gasteiger partial charge in [0.1, 0.15) is 0 Å². The zero-order valence-electron chi connectivity index (χ0n) is 9.79. The van der Waals surface area contributed by atoms with Crippen LogP contribution in [0.25, 0.3) is 0 Å². The molecule has 5 heteroatoms. The van der Waals surface area contributed by atoms with Crippen LogP contribution in [0.1, 0.15) is 0 Å². The Morgan fingerprint density at radius 1 is 1.11 bits per heavy atom. The predicted molar refractivity (Wildman–Crippen MR) is 73.2 cm³/mol. The van der Waals surface area contributed by atoms with Crippen LogP contribution >= 0.6 is 11.8 Å². The highest BCUT2D eigenvalue weighted by Gasteiger charge is 2.09. The van der Waals surface area contributed by atoms with Gasteiger partial charge in [0.25, 0.3) is 5.69 Å². The molecule has 0 spiro atoms. The first-order valence-corrected chi connectivity index (χ1v) is 6.21. The van der Waals surface area contributed by atoms with Gasteiger partial charge in [-0.25, -0.2) is 0 Å². The van der Waals surface area contributed by atoms with E-state index in [0.29, 0.717) is 0 Å². The number of nitrogens with one attached hydrogen (secondary N) is 1. The molecule has 0 saturated heterocycles. The first-order valence-electron chi connectivity index (χ1n) is 5.39. The van der Waals surface area contributed by atoms with Crippen molar-refractivity contribution < 1.29 is 4.92 Å². The average molecular weight is 260 g/mol. The van der Waals surface area contributed by atoms with E-state index in [1.807, 2.05) is 36.4 Å². The van der Waals surface area contributed by atoms with Crippen molar-refractivity contribution in [3.8, 4) is 0 Å². The van der Waals surface area contributed by atoms with Gasteiger partial charge in [-0.2, -0.15) is 0 Å². The van der Waals surface area contributed by atoms with E-state index in [0.717, 1.165) is 15.5 Å². The molecular formula is C13H12N2O2S. The summed E-state index contributed by atoms with van der Waals surface area (Å²) in [7, 11) is 1.75. The summed E-state index contributed by atoms with van der Waals surface area (Å²) in [5.41, 5.74) is 0.836. The molecule has 92 valence electrons. The molecular weight excluding hydrogens is 248 g/mol. The van der Waals surface area contributed by atoms with Gasteiger partial charge in [0.05, 0.1) is 4.92 Å². The number of nitrogens with zero attached hydrogens (tertiary/aromatic N) is 1. The van der Waals surface area contributed by atoms with Gasteiger partial charge in [0.2, 0.25) is 0 Å². The number of non-ortho nitro benzene ring substituents is 1. The first-order chi connectivity index (χ1) is 8.69. The quantitative estimate of drug-likeness (QED) is 0.671. The molecule has 0 amide bonds. The molecule has 0 aliphatic rings. The molecule has 0 radical (unpaired) electrons. The lowest BCUT2D eigenvalue weighted by atomic mass is 10.3. The topological polar surface area (TPSA) is 55.2 Å². The van der Waals surface area contributed by atoms with Crippen LogP contribution in [0.2, 0.25) is 0 Å². The maximum absolute atomic E-state index is 10.8. The van der Waals surface area contributed by atoms with Crippen molar-refractivity contribution in [3.63, 3.8) is 0 Å². The van der Waals surface area contributed by atoms with E-state index in [1.54, 1.807) is 13.1 Å². The Labute approximate surface area is 109 Å². The van der Waals surface area contributed by atoms with Gasteiger partial charge < -0.3 is 5.32 Å². The molecule has 0 saturated carbocycles. The van der Waals surface area contributed by atoms with Crippen LogP contribution in [0.5, 0.6) is 0 Å². The van der Waals surface area contributed by atoms with E-state index < -0.39 is 0 Å². The second kappa shape index (κ2) is 5.55. The van der Waals surface area contributed by atoms with E-state index in [9.17, 15) is 10.1 Å².